The van der Waals surface area contributed by atoms with E-state index in [9.17, 15) is 19.5 Å². The van der Waals surface area contributed by atoms with Gasteiger partial charge in [-0.25, -0.2) is 4.79 Å². The molecule has 1 N–H and O–H groups in total. The average Bonchev–Trinajstić information content (AvgIpc) is 3.46. The second kappa shape index (κ2) is 73.1. The molecule has 0 aromatic carbocycles. The first-order valence-electron chi connectivity index (χ1n) is 39.8. The van der Waals surface area contributed by atoms with Crippen molar-refractivity contribution in [3.63, 3.8) is 0 Å². The van der Waals surface area contributed by atoms with E-state index < -0.39 is 18.4 Å². The van der Waals surface area contributed by atoms with Gasteiger partial charge in [-0.15, -0.1) is 0 Å². The molecular formula is C82H154NO8+. The number of ether oxygens (including phenoxy) is 4. The van der Waals surface area contributed by atoms with Crippen LogP contribution in [0.3, 0.4) is 0 Å². The van der Waals surface area contributed by atoms with E-state index in [4.69, 9.17) is 18.9 Å². The number of esters is 2. The normalized spacial score (nSPS) is 12.8. The van der Waals surface area contributed by atoms with Gasteiger partial charge in [0, 0.05) is 12.8 Å². The Morgan fingerprint density at radius 3 is 0.934 bits per heavy atom. The Bertz CT molecular complexity index is 1630. The largest absolute Gasteiger partial charge is 0.477 e. The summed E-state index contributed by atoms with van der Waals surface area (Å²) in [4.78, 5) is 37.7. The monoisotopic (exact) mass is 1280 g/mol. The van der Waals surface area contributed by atoms with Crippen LogP contribution in [0.15, 0.2) is 48.6 Å². The van der Waals surface area contributed by atoms with Crippen LogP contribution in [0.2, 0.25) is 0 Å². The quantitative estimate of drug-likeness (QED) is 0.0211. The fraction of sp³-hybridized carbons (Fsp3) is 0.866. The summed E-state index contributed by atoms with van der Waals surface area (Å²) in [6.45, 7) is 4.85. The minimum atomic E-state index is -1.51. The summed E-state index contributed by atoms with van der Waals surface area (Å²) < 4.78 is 23.1. The maximum absolute atomic E-state index is 13.0. The van der Waals surface area contributed by atoms with E-state index in [2.05, 4.69) is 62.5 Å². The van der Waals surface area contributed by atoms with Crippen molar-refractivity contribution in [2.24, 2.45) is 0 Å². The molecule has 534 valence electrons. The van der Waals surface area contributed by atoms with Gasteiger partial charge in [-0.3, -0.25) is 9.59 Å². The summed E-state index contributed by atoms with van der Waals surface area (Å²) >= 11 is 0. The lowest BCUT2D eigenvalue weighted by molar-refractivity contribution is -0.870. The molecule has 0 fully saturated rings. The first-order valence-corrected chi connectivity index (χ1v) is 39.8. The number of likely N-dealkylation sites (N-methyl/N-ethyl adjacent to an activating group) is 1. The molecule has 0 aliphatic rings. The number of nitrogens with zero attached hydrogens (tertiary/aromatic N) is 1. The van der Waals surface area contributed by atoms with E-state index in [0.717, 1.165) is 64.2 Å². The summed E-state index contributed by atoms with van der Waals surface area (Å²) in [6, 6.07) is 0. The number of carbonyl (C=O) groups excluding carboxylic acids is 2. The predicted octanol–water partition coefficient (Wildman–Crippen LogP) is 25.3. The summed E-state index contributed by atoms with van der Waals surface area (Å²) in [6.07, 6.45) is 92.7. The number of rotatable bonds is 75. The van der Waals surface area contributed by atoms with Crippen molar-refractivity contribution in [2.75, 3.05) is 47.5 Å². The predicted molar refractivity (Wildman–Crippen MR) is 392 cm³/mol. The molecule has 0 saturated heterocycles. The van der Waals surface area contributed by atoms with E-state index in [1.54, 1.807) is 0 Å². The number of unbranched alkanes of at least 4 members (excludes halogenated alkanes) is 52. The van der Waals surface area contributed by atoms with Crippen molar-refractivity contribution in [3.05, 3.63) is 48.6 Å². The highest BCUT2D eigenvalue weighted by atomic mass is 16.7. The van der Waals surface area contributed by atoms with Crippen LogP contribution in [0.4, 0.5) is 0 Å². The maximum atomic E-state index is 13.0. The summed E-state index contributed by atoms with van der Waals surface area (Å²) in [7, 11) is 6.00. The molecule has 0 aliphatic heterocycles. The second-order valence-electron chi connectivity index (χ2n) is 28.4. The van der Waals surface area contributed by atoms with Crippen LogP contribution in [-0.4, -0.2) is 87.4 Å². The molecule has 2 unspecified atom stereocenters. The summed E-state index contributed by atoms with van der Waals surface area (Å²) in [5.74, 6) is -1.97. The Hall–Kier alpha value is -2.75. The van der Waals surface area contributed by atoms with Crippen LogP contribution < -0.4 is 0 Å². The third-order valence-corrected chi connectivity index (χ3v) is 18.1. The number of carboxylic acids is 1. The molecule has 9 heteroatoms. The Balaban J connectivity index is 3.95. The fourth-order valence-electron chi connectivity index (χ4n) is 12.1. The van der Waals surface area contributed by atoms with Crippen molar-refractivity contribution < 1.29 is 42.9 Å². The number of allylic oxidation sites excluding steroid dienone is 8. The molecule has 2 atom stereocenters. The molecule has 0 spiro atoms. The second-order valence-corrected chi connectivity index (χ2v) is 28.4. The Morgan fingerprint density at radius 2 is 0.626 bits per heavy atom. The lowest BCUT2D eigenvalue weighted by Crippen LogP contribution is -2.40. The minimum Gasteiger partial charge on any atom is -0.477 e. The SMILES string of the molecule is CC/C=C\C/C=C\C/C=C\C/C=C\CCCCCCCCCCCCCCCCCCCCCCCCCCCCC(=O)OC(COC(=O)CCCCCCCCCCCCCCCCCCCCCCCCCCCCC)COC(OCC[N+](C)(C)C)C(=O)O. The van der Waals surface area contributed by atoms with Gasteiger partial charge in [0.2, 0.25) is 0 Å². The number of aliphatic carboxylic acids is 1. The molecule has 0 aliphatic carbocycles. The molecule has 0 radical (unpaired) electrons. The molecule has 0 saturated carbocycles. The number of hydrogen-bond acceptors (Lipinski definition) is 7. The zero-order chi connectivity index (χ0) is 66.1. The molecule has 0 heterocycles. The van der Waals surface area contributed by atoms with Gasteiger partial charge in [0.1, 0.15) is 13.2 Å². The first kappa shape index (κ1) is 88.2. The molecular weight excluding hydrogens is 1130 g/mol. The third-order valence-electron chi connectivity index (χ3n) is 18.1. The summed E-state index contributed by atoms with van der Waals surface area (Å²) in [5, 5.41) is 9.77. The van der Waals surface area contributed by atoms with Gasteiger partial charge in [-0.2, -0.15) is 0 Å². The highest BCUT2D eigenvalue weighted by Gasteiger charge is 2.25. The lowest BCUT2D eigenvalue weighted by Gasteiger charge is -2.25. The van der Waals surface area contributed by atoms with Crippen LogP contribution >= 0.6 is 0 Å². The molecule has 0 aromatic rings. The Morgan fingerprint density at radius 1 is 0.341 bits per heavy atom. The molecule has 0 aromatic heterocycles. The van der Waals surface area contributed by atoms with Crippen molar-refractivity contribution in [3.8, 4) is 0 Å². The van der Waals surface area contributed by atoms with E-state index in [1.807, 2.05) is 21.1 Å². The number of carbonyl (C=O) groups is 3. The highest BCUT2D eigenvalue weighted by molar-refractivity contribution is 5.71. The summed E-state index contributed by atoms with van der Waals surface area (Å²) in [5.41, 5.74) is 0. The topological polar surface area (TPSA) is 108 Å². The third kappa shape index (κ3) is 74.5. The Kier molecular flexibility index (Phi) is 70.9. The highest BCUT2D eigenvalue weighted by Crippen LogP contribution is 2.20. The van der Waals surface area contributed by atoms with Crippen molar-refractivity contribution in [2.45, 2.75) is 411 Å². The van der Waals surface area contributed by atoms with Gasteiger partial charge in [-0.1, -0.05) is 383 Å². The van der Waals surface area contributed by atoms with Crippen LogP contribution in [0.1, 0.15) is 399 Å². The van der Waals surface area contributed by atoms with Gasteiger partial charge < -0.3 is 28.5 Å². The zero-order valence-electron chi connectivity index (χ0n) is 61.3. The van der Waals surface area contributed by atoms with Crippen LogP contribution in [0.5, 0.6) is 0 Å². The average molecular weight is 1280 g/mol. The molecule has 0 bridgehead atoms. The van der Waals surface area contributed by atoms with Gasteiger partial charge in [0.15, 0.2) is 6.10 Å². The maximum Gasteiger partial charge on any atom is 0.361 e. The van der Waals surface area contributed by atoms with E-state index in [-0.39, 0.29) is 38.2 Å². The zero-order valence-corrected chi connectivity index (χ0v) is 61.3. The molecule has 0 amide bonds. The van der Waals surface area contributed by atoms with Crippen LogP contribution in [0.25, 0.3) is 0 Å². The van der Waals surface area contributed by atoms with Crippen LogP contribution in [0, 0.1) is 0 Å². The van der Waals surface area contributed by atoms with Crippen LogP contribution in [-0.2, 0) is 33.3 Å². The smallest absolute Gasteiger partial charge is 0.361 e. The van der Waals surface area contributed by atoms with E-state index >= 15 is 0 Å². The fourth-order valence-corrected chi connectivity index (χ4v) is 12.1. The van der Waals surface area contributed by atoms with E-state index in [0.29, 0.717) is 17.4 Å². The number of quaternary nitrogens is 1. The van der Waals surface area contributed by atoms with Gasteiger partial charge >= 0.3 is 17.9 Å². The Labute approximate surface area is 565 Å². The van der Waals surface area contributed by atoms with Crippen molar-refractivity contribution in [1.29, 1.82) is 0 Å². The van der Waals surface area contributed by atoms with Gasteiger partial charge in [0.25, 0.3) is 6.29 Å². The molecule has 0 rings (SSSR count). The van der Waals surface area contributed by atoms with E-state index in [1.165, 1.54) is 308 Å². The standard InChI is InChI=1S/C82H153NO8/c1-6-8-10-12-14-16-18-20-22-24-26-28-30-32-34-35-36-37-38-39-40-41-42-43-44-45-47-49-51-53-55-57-59-61-63-65-67-69-71-73-80(85)91-78(77-90-82(81(86)87)88-75-74-83(3,4)5)76-89-79(84)72-70-68-66-64-62-60-58-56-54-52-50-48-46-33-31-29-27-25-23-21-19-17-15-13-11-9-7-2/h8,10,14,16,20,22,26,28,78,82H,6-7,9,11-13,15,17-19,21,23-25,27,29-77H2,1-5H3/p+1/b10-8-,16-14-,22-20-,28-26-. The van der Waals surface area contributed by atoms with Gasteiger partial charge in [0.05, 0.1) is 34.4 Å². The van der Waals surface area contributed by atoms with Crippen molar-refractivity contribution >= 4 is 17.9 Å². The van der Waals surface area contributed by atoms with Gasteiger partial charge in [-0.05, 0) is 51.4 Å². The molecule has 91 heavy (non-hydrogen) atoms. The number of hydrogen-bond donors (Lipinski definition) is 1. The van der Waals surface area contributed by atoms with Crippen molar-refractivity contribution in [1.82, 2.24) is 0 Å². The molecule has 9 nitrogen and oxygen atoms in total. The lowest BCUT2D eigenvalue weighted by atomic mass is 10.0. The minimum absolute atomic E-state index is 0.174. The first-order chi connectivity index (χ1) is 44.6. The number of carboxylic acid groups (broad SMARTS) is 1.